The van der Waals surface area contributed by atoms with Gasteiger partial charge in [-0.05, 0) is 28.4 Å². The van der Waals surface area contributed by atoms with Crippen molar-refractivity contribution in [1.29, 1.82) is 0 Å². The van der Waals surface area contributed by atoms with E-state index in [1.54, 1.807) is 6.92 Å². The molecule has 0 aliphatic rings. The van der Waals surface area contributed by atoms with Gasteiger partial charge in [0.1, 0.15) is 6.04 Å². The molecule has 0 bridgehead atoms. The first-order chi connectivity index (χ1) is 9.35. The molecule has 20 heavy (non-hydrogen) atoms. The maximum atomic E-state index is 11.6. The Bertz CT molecular complexity index is 549. The van der Waals surface area contributed by atoms with Gasteiger partial charge in [-0.25, -0.2) is 9.59 Å². The van der Waals surface area contributed by atoms with Crippen LogP contribution in [0.4, 0.5) is 16.2 Å². The Morgan fingerprint density at radius 3 is 2.60 bits per heavy atom. The van der Waals surface area contributed by atoms with Crippen molar-refractivity contribution in [3.63, 3.8) is 0 Å². The van der Waals surface area contributed by atoms with E-state index in [2.05, 4.69) is 26.6 Å². The molecule has 3 N–H and O–H groups in total. The number of rotatable bonds is 5. The number of carboxylic acid groups (broad SMARTS) is 1. The lowest BCUT2D eigenvalue weighted by Gasteiger charge is -2.13. The number of carboxylic acids is 1. The minimum atomic E-state index is -1.13. The molecule has 0 aliphatic heterocycles. The number of aliphatic carboxylic acids is 1. The number of nitro benzene ring substituents is 1. The maximum Gasteiger partial charge on any atom is 0.326 e. The highest BCUT2D eigenvalue weighted by molar-refractivity contribution is 9.10. The molecular formula is C11H12BrN3O5. The predicted octanol–water partition coefficient (Wildman–Crippen LogP) is 2.34. The molecule has 0 aliphatic carbocycles. The summed E-state index contributed by atoms with van der Waals surface area (Å²) < 4.78 is 0.324. The van der Waals surface area contributed by atoms with Gasteiger partial charge in [0, 0.05) is 16.6 Å². The summed E-state index contributed by atoms with van der Waals surface area (Å²) in [4.78, 5) is 32.4. The Labute approximate surface area is 122 Å². The maximum absolute atomic E-state index is 11.6. The second-order valence-corrected chi connectivity index (χ2v) is 4.67. The Balaban J connectivity index is 2.76. The van der Waals surface area contributed by atoms with Crippen LogP contribution in [0.3, 0.4) is 0 Å². The first kappa shape index (κ1) is 15.9. The van der Waals surface area contributed by atoms with E-state index in [9.17, 15) is 19.7 Å². The number of urea groups is 1. The van der Waals surface area contributed by atoms with E-state index < -0.39 is 23.0 Å². The molecule has 1 atom stereocenters. The van der Waals surface area contributed by atoms with Crippen LogP contribution in [0.15, 0.2) is 22.7 Å². The van der Waals surface area contributed by atoms with E-state index >= 15 is 0 Å². The second-order valence-electron chi connectivity index (χ2n) is 3.82. The number of nitro groups is 1. The molecule has 0 radical (unpaired) electrons. The number of hydrogen-bond donors (Lipinski definition) is 3. The van der Waals surface area contributed by atoms with Gasteiger partial charge in [0.15, 0.2) is 0 Å². The smallest absolute Gasteiger partial charge is 0.326 e. The first-order valence-electron chi connectivity index (χ1n) is 5.59. The standard InChI is InChI=1S/C11H12BrN3O5/c1-2-8(10(16)17)13-11(18)14-9-4-3-6(15(19)20)5-7(9)12/h3-5,8H,2H2,1H3,(H,16,17)(H2,13,14,18). The summed E-state index contributed by atoms with van der Waals surface area (Å²) in [6.07, 6.45) is 0.240. The van der Waals surface area contributed by atoms with Crippen molar-refractivity contribution >= 4 is 39.3 Å². The average molecular weight is 346 g/mol. The van der Waals surface area contributed by atoms with E-state index in [1.807, 2.05) is 0 Å². The first-order valence-corrected chi connectivity index (χ1v) is 6.38. The Kier molecular flexibility index (Phi) is 5.44. The summed E-state index contributed by atoms with van der Waals surface area (Å²) in [5, 5.41) is 24.1. The van der Waals surface area contributed by atoms with Crippen molar-refractivity contribution in [3.05, 3.63) is 32.8 Å². The number of benzene rings is 1. The van der Waals surface area contributed by atoms with Gasteiger partial charge in [-0.3, -0.25) is 10.1 Å². The molecule has 0 aromatic heterocycles. The summed E-state index contributed by atoms with van der Waals surface area (Å²) in [6, 6.07) is 2.13. The van der Waals surface area contributed by atoms with E-state index in [-0.39, 0.29) is 12.1 Å². The highest BCUT2D eigenvalue weighted by Crippen LogP contribution is 2.26. The molecule has 1 rings (SSSR count). The van der Waals surface area contributed by atoms with Crippen LogP contribution in [-0.4, -0.2) is 28.1 Å². The van der Waals surface area contributed by atoms with Crippen LogP contribution < -0.4 is 10.6 Å². The number of hydrogen-bond acceptors (Lipinski definition) is 4. The van der Waals surface area contributed by atoms with Crippen LogP contribution in [-0.2, 0) is 4.79 Å². The molecule has 1 unspecified atom stereocenters. The quantitative estimate of drug-likeness (QED) is 0.558. The number of halogens is 1. The summed E-state index contributed by atoms with van der Waals surface area (Å²) in [7, 11) is 0. The van der Waals surface area contributed by atoms with Crippen LogP contribution in [0.2, 0.25) is 0 Å². The van der Waals surface area contributed by atoms with E-state index in [4.69, 9.17) is 5.11 Å². The number of non-ortho nitro benzene ring substituents is 1. The Morgan fingerprint density at radius 1 is 1.50 bits per heavy atom. The third-order valence-electron chi connectivity index (χ3n) is 2.42. The molecule has 108 valence electrons. The van der Waals surface area contributed by atoms with Crippen LogP contribution in [0, 0.1) is 10.1 Å². The second kappa shape index (κ2) is 6.85. The third-order valence-corrected chi connectivity index (χ3v) is 3.08. The van der Waals surface area contributed by atoms with Crippen molar-refractivity contribution < 1.29 is 19.6 Å². The zero-order valence-electron chi connectivity index (χ0n) is 10.4. The Morgan fingerprint density at radius 2 is 2.15 bits per heavy atom. The summed E-state index contributed by atoms with van der Waals surface area (Å²) >= 11 is 3.09. The van der Waals surface area contributed by atoms with Gasteiger partial charge in [0.2, 0.25) is 0 Å². The monoisotopic (exact) mass is 345 g/mol. The lowest BCUT2D eigenvalue weighted by molar-refractivity contribution is -0.384. The molecular weight excluding hydrogens is 334 g/mol. The van der Waals surface area contributed by atoms with Crippen molar-refractivity contribution in [1.82, 2.24) is 5.32 Å². The van der Waals surface area contributed by atoms with Gasteiger partial charge in [-0.1, -0.05) is 6.92 Å². The zero-order valence-corrected chi connectivity index (χ0v) is 12.0. The van der Waals surface area contributed by atoms with Gasteiger partial charge in [0.05, 0.1) is 10.6 Å². The summed E-state index contributed by atoms with van der Waals surface area (Å²) in [5.41, 5.74) is 0.174. The largest absolute Gasteiger partial charge is 0.480 e. The fourth-order valence-corrected chi connectivity index (χ4v) is 1.84. The molecule has 2 amide bonds. The minimum absolute atomic E-state index is 0.125. The number of amides is 2. The van der Waals surface area contributed by atoms with Crippen molar-refractivity contribution in [2.24, 2.45) is 0 Å². The normalized spacial score (nSPS) is 11.5. The molecule has 1 aromatic rings. The average Bonchev–Trinajstić information content (AvgIpc) is 2.37. The van der Waals surface area contributed by atoms with Gasteiger partial charge < -0.3 is 15.7 Å². The number of anilines is 1. The molecule has 0 saturated carbocycles. The Hall–Kier alpha value is -2.16. The molecule has 0 spiro atoms. The minimum Gasteiger partial charge on any atom is -0.480 e. The lowest BCUT2D eigenvalue weighted by atomic mass is 10.2. The van der Waals surface area contributed by atoms with Gasteiger partial charge in [-0.2, -0.15) is 0 Å². The summed E-state index contributed by atoms with van der Waals surface area (Å²) in [5.74, 6) is -1.13. The number of carbonyl (C=O) groups excluding carboxylic acids is 1. The topological polar surface area (TPSA) is 122 Å². The van der Waals surface area contributed by atoms with Crippen molar-refractivity contribution in [2.45, 2.75) is 19.4 Å². The molecule has 9 heteroatoms. The highest BCUT2D eigenvalue weighted by Gasteiger charge is 2.18. The fraction of sp³-hybridized carbons (Fsp3) is 0.273. The zero-order chi connectivity index (χ0) is 15.3. The van der Waals surface area contributed by atoms with Crippen molar-refractivity contribution in [3.8, 4) is 0 Å². The molecule has 0 fully saturated rings. The molecule has 1 aromatic carbocycles. The predicted molar refractivity (Wildman–Crippen MR) is 74.7 cm³/mol. The molecule has 0 saturated heterocycles. The van der Waals surface area contributed by atoms with Gasteiger partial charge >= 0.3 is 12.0 Å². The lowest BCUT2D eigenvalue weighted by Crippen LogP contribution is -2.42. The van der Waals surface area contributed by atoms with Crippen LogP contribution in [0.5, 0.6) is 0 Å². The van der Waals surface area contributed by atoms with Crippen molar-refractivity contribution in [2.75, 3.05) is 5.32 Å². The number of carbonyl (C=O) groups is 2. The molecule has 8 nitrogen and oxygen atoms in total. The third kappa shape index (κ3) is 4.19. The SMILES string of the molecule is CCC(NC(=O)Nc1ccc([N+](=O)[O-])cc1Br)C(=O)O. The van der Waals surface area contributed by atoms with E-state index in [1.165, 1.54) is 18.2 Å². The number of nitrogens with zero attached hydrogens (tertiary/aromatic N) is 1. The van der Waals surface area contributed by atoms with E-state index in [0.29, 0.717) is 10.2 Å². The van der Waals surface area contributed by atoms with Crippen LogP contribution >= 0.6 is 15.9 Å². The summed E-state index contributed by atoms with van der Waals surface area (Å²) in [6.45, 7) is 1.63. The van der Waals surface area contributed by atoms with E-state index in [0.717, 1.165) is 0 Å². The number of nitrogens with one attached hydrogen (secondary N) is 2. The highest BCUT2D eigenvalue weighted by atomic mass is 79.9. The molecule has 0 heterocycles. The van der Waals surface area contributed by atoms with Crippen LogP contribution in [0.1, 0.15) is 13.3 Å². The van der Waals surface area contributed by atoms with Gasteiger partial charge in [-0.15, -0.1) is 0 Å². The van der Waals surface area contributed by atoms with Crippen LogP contribution in [0.25, 0.3) is 0 Å². The fourth-order valence-electron chi connectivity index (χ4n) is 1.37. The van der Waals surface area contributed by atoms with Gasteiger partial charge in [0.25, 0.3) is 5.69 Å².